The first-order valence-electron chi connectivity index (χ1n) is 28.8. The van der Waals surface area contributed by atoms with Gasteiger partial charge in [-0.25, -0.2) is 0 Å². The molecule has 388 valence electrons. The van der Waals surface area contributed by atoms with Crippen LogP contribution in [-0.4, -0.2) is 18.3 Å². The van der Waals surface area contributed by atoms with Crippen molar-refractivity contribution in [3.63, 3.8) is 0 Å². The summed E-state index contributed by atoms with van der Waals surface area (Å²) >= 11 is 0. The van der Waals surface area contributed by atoms with Gasteiger partial charge in [0.1, 0.15) is 11.6 Å². The molecule has 4 aromatic heterocycles. The third-order valence-electron chi connectivity index (χ3n) is 18.3. The molecule has 17 aromatic rings. The fourth-order valence-electron chi connectivity index (χ4n) is 14.9. The molecule has 0 unspecified atom stereocenters. The first-order valence-corrected chi connectivity index (χ1v) is 28.8. The fourth-order valence-corrected chi connectivity index (χ4v) is 14.9. The van der Waals surface area contributed by atoms with E-state index in [1.165, 1.54) is 22.1 Å². The van der Waals surface area contributed by atoms with Crippen molar-refractivity contribution in [2.24, 2.45) is 0 Å². The highest BCUT2D eigenvalue weighted by atomic mass is 15.1. The van der Waals surface area contributed by atoms with Crippen molar-refractivity contribution >= 4 is 109 Å². The predicted molar refractivity (Wildman–Crippen MR) is 347 cm³/mol. The van der Waals surface area contributed by atoms with Crippen molar-refractivity contribution in [1.29, 1.82) is 10.5 Å². The van der Waals surface area contributed by atoms with E-state index in [1.807, 2.05) is 12.1 Å². The summed E-state index contributed by atoms with van der Waals surface area (Å²) < 4.78 is 9.93. The van der Waals surface area contributed by atoms with Gasteiger partial charge >= 0.3 is 0 Å². The van der Waals surface area contributed by atoms with Crippen LogP contribution in [0.5, 0.6) is 0 Å². The second-order valence-electron chi connectivity index (χ2n) is 22.4. The molecule has 0 aliphatic heterocycles. The molecule has 1 aliphatic rings. The summed E-state index contributed by atoms with van der Waals surface area (Å²) in [5.41, 5.74) is 17.9. The van der Waals surface area contributed by atoms with Gasteiger partial charge in [-0.05, 0) is 82.1 Å². The quantitative estimate of drug-likeness (QED) is 0.172. The lowest BCUT2D eigenvalue weighted by Crippen LogP contribution is -2.17. The molecule has 0 radical (unpaired) electrons. The molecule has 0 spiro atoms. The van der Waals surface area contributed by atoms with Gasteiger partial charge in [0.25, 0.3) is 0 Å². The standard InChI is InChI=1S/C78H46N6/c79-45-47-33-35-52(36-34-47)70-77(83-68-31-15-11-27-59(68)63-43-39-50-19-3-7-23-55(50)73(63)83)75(81-66-29-13-9-25-57(66)61-41-37-48-17-1-5-21-53(48)71(61)81)65(46-80)76(82-67-30-14-10-26-58(67)62-42-38-49-18-2-6-22-54(49)72(62)82)78(70)84-69-32-16-12-28-60(69)64-44-40-51-20-4-8-24-56(51)74(64)84/h1-39,41-43H,40,44H2. The third-order valence-corrected chi connectivity index (χ3v) is 18.3. The zero-order valence-corrected chi connectivity index (χ0v) is 45.3. The lowest BCUT2D eigenvalue weighted by Gasteiger charge is -2.30. The minimum atomic E-state index is 0.505. The first kappa shape index (κ1) is 46.3. The highest BCUT2D eigenvalue weighted by Gasteiger charge is 2.37. The summed E-state index contributed by atoms with van der Waals surface area (Å²) in [6, 6.07) is 97.5. The van der Waals surface area contributed by atoms with Gasteiger partial charge in [0.2, 0.25) is 0 Å². The van der Waals surface area contributed by atoms with Crippen LogP contribution in [0.4, 0.5) is 0 Å². The van der Waals surface area contributed by atoms with Crippen LogP contribution in [0.3, 0.4) is 0 Å². The van der Waals surface area contributed by atoms with E-state index in [-0.39, 0.29) is 0 Å². The van der Waals surface area contributed by atoms with E-state index >= 15 is 0 Å². The minimum absolute atomic E-state index is 0.505. The van der Waals surface area contributed by atoms with E-state index in [9.17, 15) is 10.5 Å². The van der Waals surface area contributed by atoms with Gasteiger partial charge in [0, 0.05) is 65.0 Å². The summed E-state index contributed by atoms with van der Waals surface area (Å²) in [5.74, 6) is 0. The summed E-state index contributed by atoms with van der Waals surface area (Å²) in [6.07, 6.45) is 1.74. The van der Waals surface area contributed by atoms with Crippen molar-refractivity contribution < 1.29 is 0 Å². The van der Waals surface area contributed by atoms with E-state index in [2.05, 4.69) is 273 Å². The number of nitrogens with zero attached hydrogens (tertiary/aromatic N) is 6. The Kier molecular flexibility index (Phi) is 9.67. The molecular formula is C78H46N6. The molecule has 0 amide bonds. The largest absolute Gasteiger partial charge is 0.306 e. The third kappa shape index (κ3) is 6.21. The monoisotopic (exact) mass is 1070 g/mol. The van der Waals surface area contributed by atoms with Crippen molar-refractivity contribution in [3.8, 4) is 57.3 Å². The maximum absolute atomic E-state index is 13.4. The molecule has 13 aromatic carbocycles. The van der Waals surface area contributed by atoms with Crippen LogP contribution in [0.25, 0.3) is 154 Å². The Morgan fingerprint density at radius 3 is 1.17 bits per heavy atom. The molecule has 6 heteroatoms. The Hall–Kier alpha value is -11.4. The summed E-state index contributed by atoms with van der Waals surface area (Å²) in [6.45, 7) is 0. The number of hydrogen-bond donors (Lipinski definition) is 0. The lowest BCUT2D eigenvalue weighted by atomic mass is 9.88. The van der Waals surface area contributed by atoms with Gasteiger partial charge < -0.3 is 18.3 Å². The van der Waals surface area contributed by atoms with Crippen molar-refractivity contribution in [1.82, 2.24) is 18.3 Å². The number of para-hydroxylation sites is 4. The lowest BCUT2D eigenvalue weighted by molar-refractivity contribution is 0.931. The van der Waals surface area contributed by atoms with E-state index in [0.29, 0.717) is 11.1 Å². The second kappa shape index (κ2) is 17.5. The van der Waals surface area contributed by atoms with Gasteiger partial charge in [-0.1, -0.05) is 218 Å². The molecule has 0 atom stereocenters. The molecule has 0 bridgehead atoms. The zero-order valence-electron chi connectivity index (χ0n) is 45.3. The Morgan fingerprint density at radius 2 is 0.690 bits per heavy atom. The van der Waals surface area contributed by atoms with Crippen LogP contribution in [0.2, 0.25) is 0 Å². The van der Waals surface area contributed by atoms with Crippen molar-refractivity contribution in [2.75, 3.05) is 0 Å². The Labute approximate surface area is 482 Å². The van der Waals surface area contributed by atoms with E-state index in [4.69, 9.17) is 0 Å². The highest BCUT2D eigenvalue weighted by Crippen LogP contribution is 2.54. The maximum Gasteiger partial charge on any atom is 0.104 e. The summed E-state index contributed by atoms with van der Waals surface area (Å²) in [5, 5.41) is 38.3. The summed E-state index contributed by atoms with van der Waals surface area (Å²) in [4.78, 5) is 0. The average Bonchev–Trinajstić information content (AvgIpc) is 1.96. The van der Waals surface area contributed by atoms with Gasteiger partial charge in [0.05, 0.1) is 78.7 Å². The first-order chi connectivity index (χ1) is 41.7. The van der Waals surface area contributed by atoms with Crippen LogP contribution in [0.1, 0.15) is 22.3 Å². The number of aromatic nitrogens is 4. The van der Waals surface area contributed by atoms with E-state index in [1.54, 1.807) is 0 Å². The smallest absolute Gasteiger partial charge is 0.104 e. The maximum atomic E-state index is 13.4. The molecule has 0 fully saturated rings. The van der Waals surface area contributed by atoms with Crippen LogP contribution < -0.4 is 0 Å². The molecule has 0 saturated heterocycles. The molecule has 1 aliphatic carbocycles. The number of aryl methyl sites for hydroxylation is 2. The summed E-state index contributed by atoms with van der Waals surface area (Å²) in [7, 11) is 0. The zero-order chi connectivity index (χ0) is 55.3. The van der Waals surface area contributed by atoms with Crippen molar-refractivity contribution in [3.05, 3.63) is 277 Å². The Balaban J connectivity index is 1.22. The minimum Gasteiger partial charge on any atom is -0.306 e. The molecule has 6 nitrogen and oxygen atoms in total. The average molecular weight is 1070 g/mol. The topological polar surface area (TPSA) is 67.3 Å². The molecular weight excluding hydrogens is 1020 g/mol. The highest BCUT2D eigenvalue weighted by molar-refractivity contribution is 6.24. The van der Waals surface area contributed by atoms with Gasteiger partial charge in [-0.15, -0.1) is 0 Å². The Bertz CT molecular complexity index is 5830. The van der Waals surface area contributed by atoms with Gasteiger partial charge in [0.15, 0.2) is 0 Å². The molecule has 18 rings (SSSR count). The number of rotatable bonds is 5. The molecule has 84 heavy (non-hydrogen) atoms. The molecule has 4 heterocycles. The normalized spacial score (nSPS) is 12.4. The second-order valence-corrected chi connectivity index (χ2v) is 22.4. The SMILES string of the molecule is N#Cc1ccc(-c2c(-n3c4c(c5ccccc53)CCc3ccccc3-4)c(-n3c4ccccc4c4ccc5ccccc5c43)c(C#N)c(-n3c4ccccc4c4ccc5ccccc5c43)c2-n2c3ccccc3c3ccc4ccccc4c32)cc1. The van der Waals surface area contributed by atoms with E-state index < -0.39 is 0 Å². The predicted octanol–water partition coefficient (Wildman–Crippen LogP) is 19.6. The molecule has 0 saturated carbocycles. The number of nitriles is 2. The van der Waals surface area contributed by atoms with E-state index in [0.717, 1.165) is 156 Å². The van der Waals surface area contributed by atoms with Crippen LogP contribution in [0, 0.1) is 22.7 Å². The Morgan fingerprint density at radius 1 is 0.298 bits per heavy atom. The van der Waals surface area contributed by atoms with Gasteiger partial charge in [-0.2, -0.15) is 10.5 Å². The van der Waals surface area contributed by atoms with Gasteiger partial charge in [-0.3, -0.25) is 0 Å². The van der Waals surface area contributed by atoms with Crippen molar-refractivity contribution in [2.45, 2.75) is 12.8 Å². The number of fused-ring (bicyclic) bond motifs is 20. The van der Waals surface area contributed by atoms with Crippen LogP contribution >= 0.6 is 0 Å². The molecule has 0 N–H and O–H groups in total. The fraction of sp³-hybridized carbons (Fsp3) is 0.0256. The number of benzene rings is 13. The van der Waals surface area contributed by atoms with Crippen LogP contribution in [-0.2, 0) is 12.8 Å². The number of hydrogen-bond acceptors (Lipinski definition) is 2. The van der Waals surface area contributed by atoms with Crippen LogP contribution in [0.15, 0.2) is 255 Å².